The van der Waals surface area contributed by atoms with Crippen molar-refractivity contribution in [3.8, 4) is 0 Å². The lowest BCUT2D eigenvalue weighted by molar-refractivity contribution is 0.0995. The van der Waals surface area contributed by atoms with Gasteiger partial charge in [-0.1, -0.05) is 12.1 Å². The quantitative estimate of drug-likeness (QED) is 0.639. The molecular weight excluding hydrogens is 297 g/mol. The van der Waals surface area contributed by atoms with E-state index in [2.05, 4.69) is 0 Å². The topological polar surface area (TPSA) is 17.1 Å². The predicted molar refractivity (Wildman–Crippen MR) is 76.2 cm³/mol. The van der Waals surface area contributed by atoms with E-state index in [0.717, 1.165) is 28.9 Å². The maximum Gasteiger partial charge on any atom is 0.177 e. The van der Waals surface area contributed by atoms with Crippen LogP contribution in [0, 0.1) is 17.5 Å². The highest BCUT2D eigenvalue weighted by molar-refractivity contribution is 7.20. The molecule has 0 atom stereocenters. The van der Waals surface area contributed by atoms with Crippen LogP contribution in [0.1, 0.15) is 15.2 Å². The molecule has 2 aromatic carbocycles. The minimum Gasteiger partial charge on any atom is -0.293 e. The number of carbonyl (C=O) groups is 1. The first-order chi connectivity index (χ1) is 10.0. The number of fused-ring (bicyclic) bond motifs is 1. The molecule has 0 aliphatic heterocycles. The third kappa shape index (κ3) is 2.83. The molecule has 1 heterocycles. The predicted octanol–water partition coefficient (Wildman–Crippen LogP) is 4.74. The van der Waals surface area contributed by atoms with E-state index in [1.165, 1.54) is 18.2 Å². The molecule has 0 bridgehead atoms. The highest BCUT2D eigenvalue weighted by atomic mass is 32.1. The molecule has 0 aliphatic rings. The fraction of sp³-hybridized carbons (Fsp3) is 0.0625. The Bertz CT molecular complexity index is 839. The van der Waals surface area contributed by atoms with Crippen LogP contribution in [0.3, 0.4) is 0 Å². The van der Waals surface area contributed by atoms with Gasteiger partial charge >= 0.3 is 0 Å². The molecule has 0 spiro atoms. The molecule has 1 aromatic heterocycles. The number of benzene rings is 2. The number of thiophene rings is 1. The molecule has 0 fully saturated rings. The number of halogens is 3. The molecule has 1 nitrogen and oxygen atoms in total. The Morgan fingerprint density at radius 3 is 2.43 bits per heavy atom. The third-order valence-electron chi connectivity index (χ3n) is 3.12. The summed E-state index contributed by atoms with van der Waals surface area (Å²) < 4.78 is 40.2. The lowest BCUT2D eigenvalue weighted by Gasteiger charge is -2.01. The summed E-state index contributed by atoms with van der Waals surface area (Å²) in [4.78, 5) is 12.6. The maximum atomic E-state index is 13.5. The van der Waals surface area contributed by atoms with Crippen LogP contribution in [0.5, 0.6) is 0 Å². The Kier molecular flexibility index (Phi) is 3.51. The summed E-state index contributed by atoms with van der Waals surface area (Å²) in [5, 5.41) is 0.768. The number of ketones is 1. The molecule has 0 saturated heterocycles. The van der Waals surface area contributed by atoms with Gasteiger partial charge in [0.25, 0.3) is 0 Å². The Balaban J connectivity index is 1.89. The van der Waals surface area contributed by atoms with Crippen molar-refractivity contribution in [1.82, 2.24) is 0 Å². The summed E-state index contributed by atoms with van der Waals surface area (Å²) in [6.07, 6.45) is -0.151. The summed E-state index contributed by atoms with van der Waals surface area (Å²) in [6, 6.07) is 9.06. The van der Waals surface area contributed by atoms with Gasteiger partial charge in [0.05, 0.1) is 4.88 Å². The number of carbonyl (C=O) groups excluding carboxylic acids is 1. The third-order valence-corrected chi connectivity index (χ3v) is 4.26. The standard InChI is InChI=1S/C16H9F3OS/c17-11-3-1-9(13(19)7-11)5-14(20)16-6-10-2-4-12(18)8-15(10)21-16/h1-4,6-8H,5H2. The van der Waals surface area contributed by atoms with E-state index in [4.69, 9.17) is 0 Å². The van der Waals surface area contributed by atoms with Gasteiger partial charge in [-0.05, 0) is 35.2 Å². The molecule has 3 aromatic rings. The second kappa shape index (κ2) is 5.33. The van der Waals surface area contributed by atoms with Crippen LogP contribution in [0.2, 0.25) is 0 Å². The summed E-state index contributed by atoms with van der Waals surface area (Å²) in [7, 11) is 0. The number of hydrogen-bond acceptors (Lipinski definition) is 2. The van der Waals surface area contributed by atoms with Gasteiger partial charge in [0.2, 0.25) is 0 Å². The Labute approximate surface area is 122 Å². The van der Waals surface area contributed by atoms with Crippen molar-refractivity contribution in [3.05, 3.63) is 70.4 Å². The van der Waals surface area contributed by atoms with Crippen LogP contribution in [-0.4, -0.2) is 5.78 Å². The summed E-state index contributed by atoms with van der Waals surface area (Å²) in [5.41, 5.74) is 0.144. The smallest absolute Gasteiger partial charge is 0.177 e. The molecule has 0 saturated carbocycles. The number of Topliss-reactive ketones (excluding diaryl/α,β-unsaturated/α-hetero) is 1. The van der Waals surface area contributed by atoms with Crippen molar-refractivity contribution in [3.63, 3.8) is 0 Å². The van der Waals surface area contributed by atoms with Crippen molar-refractivity contribution in [2.75, 3.05) is 0 Å². The van der Waals surface area contributed by atoms with Gasteiger partial charge in [0, 0.05) is 17.2 Å². The van der Waals surface area contributed by atoms with Gasteiger partial charge in [0.1, 0.15) is 17.5 Å². The fourth-order valence-corrected chi connectivity index (χ4v) is 3.09. The van der Waals surface area contributed by atoms with Crippen LogP contribution >= 0.6 is 11.3 Å². The molecule has 0 N–H and O–H groups in total. The van der Waals surface area contributed by atoms with Crippen LogP contribution in [0.25, 0.3) is 10.1 Å². The van der Waals surface area contributed by atoms with Crippen molar-refractivity contribution < 1.29 is 18.0 Å². The summed E-state index contributed by atoms with van der Waals surface area (Å²) >= 11 is 1.16. The molecular formula is C16H9F3OS. The zero-order chi connectivity index (χ0) is 15.0. The Morgan fingerprint density at radius 1 is 0.952 bits per heavy atom. The first kappa shape index (κ1) is 13.8. The molecule has 5 heteroatoms. The number of rotatable bonds is 3. The average Bonchev–Trinajstić information content (AvgIpc) is 2.85. The van der Waals surface area contributed by atoms with E-state index in [1.54, 1.807) is 12.1 Å². The number of hydrogen-bond donors (Lipinski definition) is 0. The van der Waals surface area contributed by atoms with Crippen molar-refractivity contribution >= 4 is 27.2 Å². The van der Waals surface area contributed by atoms with Gasteiger partial charge < -0.3 is 0 Å². The highest BCUT2D eigenvalue weighted by Gasteiger charge is 2.14. The lowest BCUT2D eigenvalue weighted by Crippen LogP contribution is -2.03. The second-order valence-corrected chi connectivity index (χ2v) is 5.71. The summed E-state index contributed by atoms with van der Waals surface area (Å²) in [6.45, 7) is 0. The van der Waals surface area contributed by atoms with E-state index >= 15 is 0 Å². The van der Waals surface area contributed by atoms with Crippen molar-refractivity contribution in [1.29, 1.82) is 0 Å². The first-order valence-corrected chi connectivity index (χ1v) is 7.01. The fourth-order valence-electron chi connectivity index (χ4n) is 2.07. The Morgan fingerprint density at radius 2 is 1.67 bits per heavy atom. The first-order valence-electron chi connectivity index (χ1n) is 6.19. The van der Waals surface area contributed by atoms with E-state index in [9.17, 15) is 18.0 Å². The molecule has 0 radical (unpaired) electrons. The van der Waals surface area contributed by atoms with Gasteiger partial charge in [-0.15, -0.1) is 11.3 Å². The second-order valence-electron chi connectivity index (χ2n) is 4.63. The van der Waals surface area contributed by atoms with Crippen LogP contribution in [0.4, 0.5) is 13.2 Å². The van der Waals surface area contributed by atoms with Gasteiger partial charge in [-0.2, -0.15) is 0 Å². The van der Waals surface area contributed by atoms with Gasteiger partial charge in [-0.25, -0.2) is 13.2 Å². The average molecular weight is 306 g/mol. The lowest BCUT2D eigenvalue weighted by atomic mass is 10.1. The maximum absolute atomic E-state index is 13.5. The monoisotopic (exact) mass is 306 g/mol. The summed E-state index contributed by atoms with van der Waals surface area (Å²) in [5.74, 6) is -2.06. The molecule has 21 heavy (non-hydrogen) atoms. The van der Waals surface area contributed by atoms with E-state index in [-0.39, 0.29) is 23.6 Å². The van der Waals surface area contributed by atoms with E-state index < -0.39 is 11.6 Å². The molecule has 0 aliphatic carbocycles. The highest BCUT2D eigenvalue weighted by Crippen LogP contribution is 2.27. The van der Waals surface area contributed by atoms with Crippen LogP contribution < -0.4 is 0 Å². The minimum absolute atomic E-state index is 0.144. The Hall–Kier alpha value is -2.14. The SMILES string of the molecule is O=C(Cc1ccc(F)cc1F)c1cc2ccc(F)cc2s1. The molecule has 0 amide bonds. The zero-order valence-electron chi connectivity index (χ0n) is 10.7. The van der Waals surface area contributed by atoms with Gasteiger partial charge in [0.15, 0.2) is 5.78 Å². The molecule has 3 rings (SSSR count). The normalized spacial score (nSPS) is 11.0. The minimum atomic E-state index is -0.740. The van der Waals surface area contributed by atoms with E-state index in [1.807, 2.05) is 0 Å². The zero-order valence-corrected chi connectivity index (χ0v) is 11.5. The van der Waals surface area contributed by atoms with Crippen molar-refractivity contribution in [2.45, 2.75) is 6.42 Å². The van der Waals surface area contributed by atoms with Crippen LogP contribution in [-0.2, 0) is 6.42 Å². The molecule has 0 unspecified atom stereocenters. The van der Waals surface area contributed by atoms with Crippen molar-refractivity contribution in [2.24, 2.45) is 0 Å². The largest absolute Gasteiger partial charge is 0.293 e. The van der Waals surface area contributed by atoms with Crippen LogP contribution in [0.15, 0.2) is 42.5 Å². The van der Waals surface area contributed by atoms with E-state index in [0.29, 0.717) is 9.58 Å². The van der Waals surface area contributed by atoms with Gasteiger partial charge in [-0.3, -0.25) is 4.79 Å². The molecule has 106 valence electrons.